The van der Waals surface area contributed by atoms with E-state index in [4.69, 9.17) is 23.2 Å². The maximum Gasteiger partial charge on any atom is 0.270 e. The molecule has 3 aromatic carbocycles. The Morgan fingerprint density at radius 3 is 2.45 bits per heavy atom. The molecule has 0 spiro atoms. The second-order valence-corrected chi connectivity index (χ2v) is 9.42. The van der Waals surface area contributed by atoms with Gasteiger partial charge in [0.2, 0.25) is 0 Å². The van der Waals surface area contributed by atoms with Gasteiger partial charge in [-0.15, -0.1) is 0 Å². The Bertz CT molecular complexity index is 1600. The van der Waals surface area contributed by atoms with Crippen molar-refractivity contribution in [1.82, 2.24) is 9.55 Å². The van der Waals surface area contributed by atoms with Crippen molar-refractivity contribution < 1.29 is 13.3 Å². The van der Waals surface area contributed by atoms with Crippen LogP contribution in [-0.2, 0) is 10.0 Å². The molecular weight excluding hydrogens is 491 g/mol. The zero-order valence-corrected chi connectivity index (χ0v) is 19.1. The number of aromatic nitrogens is 2. The van der Waals surface area contributed by atoms with Crippen LogP contribution in [-0.4, -0.2) is 22.9 Å². The highest BCUT2D eigenvalue weighted by Crippen LogP contribution is 2.31. The van der Waals surface area contributed by atoms with Gasteiger partial charge in [-0.2, -0.15) is 0 Å². The van der Waals surface area contributed by atoms with Crippen molar-refractivity contribution in [3.8, 4) is 5.69 Å². The molecule has 0 atom stereocenters. The van der Waals surface area contributed by atoms with Crippen molar-refractivity contribution in [3.05, 3.63) is 97.0 Å². The predicted octanol–water partition coefficient (Wildman–Crippen LogP) is 4.71. The first-order valence-corrected chi connectivity index (χ1v) is 11.6. The number of halogens is 2. The molecule has 0 aliphatic rings. The minimum atomic E-state index is -4.35. The van der Waals surface area contributed by atoms with Crippen LogP contribution in [0.25, 0.3) is 16.6 Å². The highest BCUT2D eigenvalue weighted by atomic mass is 35.5. The van der Waals surface area contributed by atoms with Gasteiger partial charge in [0.05, 0.1) is 37.2 Å². The van der Waals surface area contributed by atoms with Crippen LogP contribution in [0, 0.1) is 17.0 Å². The predicted molar refractivity (Wildman–Crippen MR) is 126 cm³/mol. The lowest BCUT2D eigenvalue weighted by Crippen LogP contribution is -2.22. The zero-order valence-electron chi connectivity index (χ0n) is 16.8. The van der Waals surface area contributed by atoms with Crippen LogP contribution >= 0.6 is 23.2 Å². The molecule has 1 heterocycles. The van der Waals surface area contributed by atoms with E-state index in [-0.39, 0.29) is 21.3 Å². The third kappa shape index (κ3) is 4.28. The smallest absolute Gasteiger partial charge is 0.270 e. The lowest BCUT2D eigenvalue weighted by Gasteiger charge is -2.15. The first-order valence-electron chi connectivity index (χ1n) is 9.33. The Balaban J connectivity index is 1.82. The summed E-state index contributed by atoms with van der Waals surface area (Å²) in [5.41, 5.74) is 0.0330. The number of anilines is 1. The normalized spacial score (nSPS) is 11.5. The molecule has 0 unspecified atom stereocenters. The molecule has 0 amide bonds. The number of nitro benzene ring substituents is 1. The molecule has 4 aromatic rings. The minimum absolute atomic E-state index is 0.0447. The first-order chi connectivity index (χ1) is 15.6. The van der Waals surface area contributed by atoms with Gasteiger partial charge in [0.15, 0.2) is 0 Å². The second kappa shape index (κ2) is 8.47. The van der Waals surface area contributed by atoms with E-state index in [0.717, 1.165) is 18.2 Å². The number of nitrogens with zero attached hydrogens (tertiary/aromatic N) is 3. The summed E-state index contributed by atoms with van der Waals surface area (Å²) in [7, 11) is -4.35. The van der Waals surface area contributed by atoms with Crippen molar-refractivity contribution in [2.75, 3.05) is 4.72 Å². The molecule has 0 fully saturated rings. The zero-order chi connectivity index (χ0) is 23.9. The number of nitro groups is 1. The van der Waals surface area contributed by atoms with E-state index in [1.165, 1.54) is 16.7 Å². The summed E-state index contributed by atoms with van der Waals surface area (Å²) in [5.74, 6) is 0.386. The van der Waals surface area contributed by atoms with Crippen LogP contribution in [0.15, 0.2) is 70.4 Å². The van der Waals surface area contributed by atoms with E-state index in [1.54, 1.807) is 37.3 Å². The largest absolute Gasteiger partial charge is 0.278 e. The van der Waals surface area contributed by atoms with Crippen LogP contribution in [0.3, 0.4) is 0 Å². The van der Waals surface area contributed by atoms with Gasteiger partial charge in [-0.05, 0) is 43.3 Å². The molecule has 0 aliphatic heterocycles. The molecule has 33 heavy (non-hydrogen) atoms. The van der Waals surface area contributed by atoms with Crippen molar-refractivity contribution in [3.63, 3.8) is 0 Å². The molecule has 4 rings (SSSR count). The number of fused-ring (bicyclic) bond motifs is 1. The number of sulfonamides is 1. The third-order valence-corrected chi connectivity index (χ3v) is 6.99. The summed E-state index contributed by atoms with van der Waals surface area (Å²) >= 11 is 12.2. The molecule has 0 aliphatic carbocycles. The van der Waals surface area contributed by atoms with E-state index >= 15 is 0 Å². The summed E-state index contributed by atoms with van der Waals surface area (Å²) in [6.07, 6.45) is 0. The van der Waals surface area contributed by atoms with Crippen molar-refractivity contribution in [1.29, 1.82) is 0 Å². The molecule has 0 saturated carbocycles. The minimum Gasteiger partial charge on any atom is -0.278 e. The number of nitrogens with one attached hydrogen (secondary N) is 1. The van der Waals surface area contributed by atoms with Crippen LogP contribution < -0.4 is 10.3 Å². The summed E-state index contributed by atoms with van der Waals surface area (Å²) in [6.45, 7) is 1.65. The first kappa shape index (κ1) is 22.7. The average molecular weight is 505 g/mol. The maximum atomic E-state index is 13.1. The number of hydrogen-bond donors (Lipinski definition) is 1. The Labute approximate surface area is 197 Å². The van der Waals surface area contributed by atoms with Gasteiger partial charge < -0.3 is 0 Å². The molecule has 0 saturated heterocycles. The van der Waals surface area contributed by atoms with Crippen LogP contribution in [0.1, 0.15) is 5.82 Å². The van der Waals surface area contributed by atoms with Crippen molar-refractivity contribution in [2.45, 2.75) is 11.8 Å². The van der Waals surface area contributed by atoms with E-state index < -0.39 is 25.5 Å². The molecule has 1 N–H and O–H groups in total. The molecule has 9 nitrogen and oxygen atoms in total. The maximum absolute atomic E-state index is 13.1. The summed E-state index contributed by atoms with van der Waals surface area (Å²) in [4.78, 5) is 27.3. The van der Waals surface area contributed by atoms with Crippen LogP contribution in [0.4, 0.5) is 11.4 Å². The Morgan fingerprint density at radius 1 is 1.03 bits per heavy atom. The van der Waals surface area contributed by atoms with Gasteiger partial charge in [-0.25, -0.2) is 13.4 Å². The number of para-hydroxylation sites is 1. The number of non-ortho nitro benzene ring substituents is 1. The molecule has 168 valence electrons. The second-order valence-electron chi connectivity index (χ2n) is 6.96. The number of hydrogen-bond acceptors (Lipinski definition) is 6. The van der Waals surface area contributed by atoms with Gasteiger partial charge in [-0.3, -0.25) is 24.2 Å². The van der Waals surface area contributed by atoms with Gasteiger partial charge >= 0.3 is 0 Å². The highest BCUT2D eigenvalue weighted by Gasteiger charge is 2.23. The monoisotopic (exact) mass is 504 g/mol. The average Bonchev–Trinajstić information content (AvgIpc) is 2.75. The number of aryl methyl sites for hydroxylation is 1. The summed E-state index contributed by atoms with van der Waals surface area (Å²) in [6, 6.07) is 14.3. The Morgan fingerprint density at radius 2 is 1.73 bits per heavy atom. The fourth-order valence-corrected chi connectivity index (χ4v) is 5.10. The van der Waals surface area contributed by atoms with Gasteiger partial charge in [0, 0.05) is 12.1 Å². The lowest BCUT2D eigenvalue weighted by molar-refractivity contribution is -0.385. The van der Waals surface area contributed by atoms with E-state index in [0.29, 0.717) is 22.4 Å². The fraction of sp³-hybridized carbons (Fsp3) is 0.0476. The van der Waals surface area contributed by atoms with Crippen molar-refractivity contribution >= 4 is 55.5 Å². The molecule has 12 heteroatoms. The van der Waals surface area contributed by atoms with E-state index in [2.05, 4.69) is 9.71 Å². The lowest BCUT2D eigenvalue weighted by atomic mass is 10.2. The topological polar surface area (TPSA) is 124 Å². The van der Waals surface area contributed by atoms with Crippen molar-refractivity contribution in [2.24, 2.45) is 0 Å². The number of benzene rings is 3. The number of rotatable bonds is 5. The van der Waals surface area contributed by atoms with E-state index in [1.807, 2.05) is 0 Å². The van der Waals surface area contributed by atoms with Crippen LogP contribution in [0.5, 0.6) is 0 Å². The quantitative estimate of drug-likeness (QED) is 0.310. The fourth-order valence-electron chi connectivity index (χ4n) is 3.29. The molecule has 0 radical (unpaired) electrons. The third-order valence-electron chi connectivity index (χ3n) is 4.81. The Kier molecular flexibility index (Phi) is 5.83. The SMILES string of the molecule is Cc1nc2ccccc2c(=O)n1-c1ccc(Cl)c(NS(=O)(=O)c2cc([N+](=O)[O-])ccc2Cl)c1. The summed E-state index contributed by atoms with van der Waals surface area (Å²) in [5, 5.41) is 11.3. The summed E-state index contributed by atoms with van der Waals surface area (Å²) < 4.78 is 29.5. The standard InChI is InChI=1S/C21H14Cl2N4O5S/c1-12-24-18-5-3-2-4-15(18)21(28)26(12)13-6-8-16(22)19(10-13)25-33(31,32)20-11-14(27(29)30)7-9-17(20)23/h2-11,25H,1H3. The van der Waals surface area contributed by atoms with Gasteiger partial charge in [0.25, 0.3) is 21.3 Å². The molecular formula is C21H14Cl2N4O5S. The van der Waals surface area contributed by atoms with Crippen LogP contribution in [0.2, 0.25) is 10.0 Å². The van der Waals surface area contributed by atoms with Gasteiger partial charge in [0.1, 0.15) is 10.7 Å². The van der Waals surface area contributed by atoms with Gasteiger partial charge in [-0.1, -0.05) is 35.3 Å². The molecule has 1 aromatic heterocycles. The van der Waals surface area contributed by atoms with E-state index in [9.17, 15) is 23.3 Å². The molecule has 0 bridgehead atoms. The highest BCUT2D eigenvalue weighted by molar-refractivity contribution is 7.92. The Hall–Kier alpha value is -3.47.